The summed E-state index contributed by atoms with van der Waals surface area (Å²) in [5.74, 6) is 0.639. The first-order chi connectivity index (χ1) is 7.83. The Labute approximate surface area is 96.5 Å². The lowest BCUT2D eigenvalue weighted by Crippen LogP contribution is -2.04. The van der Waals surface area contributed by atoms with Gasteiger partial charge in [0.25, 0.3) is 0 Å². The number of rotatable bonds is 6. The van der Waals surface area contributed by atoms with Crippen molar-refractivity contribution in [1.29, 1.82) is 0 Å². The summed E-state index contributed by atoms with van der Waals surface area (Å²) in [6, 6.07) is 5.61. The van der Waals surface area contributed by atoms with E-state index in [4.69, 9.17) is 16.4 Å². The maximum Gasteiger partial charge on any atom is 0.228 e. The summed E-state index contributed by atoms with van der Waals surface area (Å²) < 4.78 is 5.44. The third kappa shape index (κ3) is 3.25. The molecule has 0 aliphatic rings. The molecule has 1 N–H and O–H groups in total. The number of hydrogen-bond donors (Lipinski definition) is 1. The summed E-state index contributed by atoms with van der Waals surface area (Å²) in [5.41, 5.74) is 1.59. The second-order valence-electron chi connectivity index (χ2n) is 3.55. The molecule has 1 aromatic carbocycles. The van der Waals surface area contributed by atoms with E-state index >= 15 is 0 Å². The van der Waals surface area contributed by atoms with Gasteiger partial charge in [-0.05, 0) is 18.4 Å². The van der Waals surface area contributed by atoms with Crippen LogP contribution in [0.4, 0.5) is 5.69 Å². The largest absolute Gasteiger partial charge is 0.502 e. The number of ether oxygens (including phenoxy) is 1. The maximum absolute atomic E-state index is 8.76. The predicted molar refractivity (Wildman–Crippen MR) is 63.9 cm³/mol. The lowest BCUT2D eigenvalue weighted by molar-refractivity contribution is 0.201. The van der Waals surface area contributed by atoms with E-state index in [1.807, 2.05) is 12.1 Å². The van der Waals surface area contributed by atoms with Gasteiger partial charge in [-0.15, -0.1) is 0 Å². The van der Waals surface area contributed by atoms with Gasteiger partial charge >= 0.3 is 0 Å². The standard InChI is InChI=1S/C13H17NO2/c1-3-4-6-11-7-5-8-12(14-2)13(11)16-10-9-15/h5,7-8,15H,3-4,6,9-10H2,1H3. The van der Waals surface area contributed by atoms with Crippen LogP contribution in [-0.2, 0) is 6.42 Å². The molecule has 0 radical (unpaired) electrons. The Bertz CT molecular complexity index is 369. The van der Waals surface area contributed by atoms with Crippen molar-refractivity contribution in [2.45, 2.75) is 26.2 Å². The first kappa shape index (κ1) is 12.5. The van der Waals surface area contributed by atoms with Crippen LogP contribution in [0.2, 0.25) is 0 Å². The van der Waals surface area contributed by atoms with Crippen LogP contribution < -0.4 is 4.74 Å². The molecule has 1 aromatic rings. The Morgan fingerprint density at radius 2 is 2.25 bits per heavy atom. The molecule has 0 amide bonds. The van der Waals surface area contributed by atoms with Crippen molar-refractivity contribution in [2.75, 3.05) is 13.2 Å². The predicted octanol–water partition coefficient (Wildman–Crippen LogP) is 2.95. The van der Waals surface area contributed by atoms with E-state index in [2.05, 4.69) is 11.8 Å². The van der Waals surface area contributed by atoms with Crippen LogP contribution in [0.1, 0.15) is 25.3 Å². The average Bonchev–Trinajstić information content (AvgIpc) is 2.33. The molecule has 0 aliphatic heterocycles. The molecule has 0 spiro atoms. The number of para-hydroxylation sites is 1. The first-order valence-corrected chi connectivity index (χ1v) is 5.56. The Balaban J connectivity index is 2.91. The quantitative estimate of drug-likeness (QED) is 0.746. The fourth-order valence-electron chi connectivity index (χ4n) is 1.54. The number of nitrogens with zero attached hydrogens (tertiary/aromatic N) is 1. The summed E-state index contributed by atoms with van der Waals surface area (Å²) in [4.78, 5) is 3.44. The molecule has 0 saturated heterocycles. The summed E-state index contributed by atoms with van der Waals surface area (Å²) >= 11 is 0. The number of unbranched alkanes of at least 4 members (excludes halogenated alkanes) is 1. The van der Waals surface area contributed by atoms with E-state index in [0.717, 1.165) is 24.8 Å². The molecule has 3 heteroatoms. The number of hydrogen-bond acceptors (Lipinski definition) is 2. The van der Waals surface area contributed by atoms with Gasteiger partial charge in [0.1, 0.15) is 12.4 Å². The summed E-state index contributed by atoms with van der Waals surface area (Å²) in [7, 11) is 0. The van der Waals surface area contributed by atoms with Gasteiger partial charge in [-0.1, -0.05) is 31.5 Å². The lowest BCUT2D eigenvalue weighted by Gasteiger charge is -2.12. The molecule has 0 fully saturated rings. The Hall–Kier alpha value is -1.53. The van der Waals surface area contributed by atoms with Crippen LogP contribution >= 0.6 is 0 Å². The highest BCUT2D eigenvalue weighted by Gasteiger charge is 2.09. The van der Waals surface area contributed by atoms with Gasteiger partial charge in [-0.2, -0.15) is 0 Å². The molecule has 1 rings (SSSR count). The van der Waals surface area contributed by atoms with Crippen LogP contribution in [0.15, 0.2) is 18.2 Å². The molecule has 0 atom stereocenters. The molecular formula is C13H17NO2. The van der Waals surface area contributed by atoms with Crippen molar-refractivity contribution in [3.63, 3.8) is 0 Å². The van der Waals surface area contributed by atoms with Crippen molar-refractivity contribution in [3.05, 3.63) is 35.2 Å². The molecular weight excluding hydrogens is 202 g/mol. The fraction of sp³-hybridized carbons (Fsp3) is 0.462. The average molecular weight is 219 g/mol. The second-order valence-corrected chi connectivity index (χ2v) is 3.55. The topological polar surface area (TPSA) is 33.8 Å². The Morgan fingerprint density at radius 3 is 2.88 bits per heavy atom. The van der Waals surface area contributed by atoms with E-state index in [9.17, 15) is 0 Å². The van der Waals surface area contributed by atoms with Crippen molar-refractivity contribution in [3.8, 4) is 5.75 Å². The molecule has 16 heavy (non-hydrogen) atoms. The van der Waals surface area contributed by atoms with Gasteiger partial charge < -0.3 is 9.84 Å². The highest BCUT2D eigenvalue weighted by molar-refractivity contribution is 5.61. The third-order valence-electron chi connectivity index (χ3n) is 2.33. The number of aryl methyl sites for hydroxylation is 1. The highest BCUT2D eigenvalue weighted by atomic mass is 16.5. The van der Waals surface area contributed by atoms with Crippen molar-refractivity contribution in [2.24, 2.45) is 0 Å². The van der Waals surface area contributed by atoms with Crippen LogP contribution in [0.25, 0.3) is 4.85 Å². The van der Waals surface area contributed by atoms with E-state index in [-0.39, 0.29) is 13.2 Å². The van der Waals surface area contributed by atoms with Gasteiger partial charge in [0.15, 0.2) is 0 Å². The van der Waals surface area contributed by atoms with Gasteiger partial charge in [-0.3, -0.25) is 0 Å². The van der Waals surface area contributed by atoms with Crippen LogP contribution in [0.5, 0.6) is 5.75 Å². The minimum Gasteiger partial charge on any atom is -0.502 e. The molecule has 3 nitrogen and oxygen atoms in total. The zero-order chi connectivity index (χ0) is 11.8. The monoisotopic (exact) mass is 219 g/mol. The van der Waals surface area contributed by atoms with Crippen LogP contribution in [-0.4, -0.2) is 18.3 Å². The minimum atomic E-state index is -0.0282. The molecule has 0 heterocycles. The van der Waals surface area contributed by atoms with Gasteiger partial charge in [0, 0.05) is 0 Å². The number of aliphatic hydroxyl groups excluding tert-OH is 1. The summed E-state index contributed by atoms with van der Waals surface area (Å²) in [6.07, 6.45) is 3.11. The molecule has 0 bridgehead atoms. The van der Waals surface area contributed by atoms with Gasteiger partial charge in [-0.25, -0.2) is 4.85 Å². The molecule has 86 valence electrons. The normalized spacial score (nSPS) is 9.81. The van der Waals surface area contributed by atoms with E-state index in [1.54, 1.807) is 6.07 Å². The number of benzene rings is 1. The molecule has 0 saturated carbocycles. The second kappa shape index (κ2) is 6.86. The number of aliphatic hydroxyl groups is 1. The third-order valence-corrected chi connectivity index (χ3v) is 2.33. The SMILES string of the molecule is [C-]#[N+]c1cccc(CCCC)c1OCCO. The summed E-state index contributed by atoms with van der Waals surface area (Å²) in [6.45, 7) is 9.42. The van der Waals surface area contributed by atoms with Gasteiger partial charge in [0.05, 0.1) is 13.2 Å². The van der Waals surface area contributed by atoms with Crippen molar-refractivity contribution < 1.29 is 9.84 Å². The minimum absolute atomic E-state index is 0.0282. The lowest BCUT2D eigenvalue weighted by atomic mass is 10.1. The summed E-state index contributed by atoms with van der Waals surface area (Å²) in [5, 5.41) is 8.76. The van der Waals surface area contributed by atoms with Gasteiger partial charge in [0.2, 0.25) is 5.69 Å². The van der Waals surface area contributed by atoms with Crippen LogP contribution in [0.3, 0.4) is 0 Å². The van der Waals surface area contributed by atoms with E-state index < -0.39 is 0 Å². The van der Waals surface area contributed by atoms with E-state index in [1.165, 1.54) is 0 Å². The highest BCUT2D eigenvalue weighted by Crippen LogP contribution is 2.32. The Kier molecular flexibility index (Phi) is 5.38. The molecule has 0 unspecified atom stereocenters. The first-order valence-electron chi connectivity index (χ1n) is 5.56. The zero-order valence-electron chi connectivity index (χ0n) is 9.57. The fourth-order valence-corrected chi connectivity index (χ4v) is 1.54. The Morgan fingerprint density at radius 1 is 1.44 bits per heavy atom. The maximum atomic E-state index is 8.76. The van der Waals surface area contributed by atoms with Crippen molar-refractivity contribution in [1.82, 2.24) is 0 Å². The smallest absolute Gasteiger partial charge is 0.228 e. The molecule has 0 aliphatic carbocycles. The zero-order valence-corrected chi connectivity index (χ0v) is 9.57. The molecule has 0 aromatic heterocycles. The van der Waals surface area contributed by atoms with E-state index in [0.29, 0.717) is 11.4 Å². The van der Waals surface area contributed by atoms with Crippen molar-refractivity contribution >= 4 is 5.69 Å². The van der Waals surface area contributed by atoms with Crippen LogP contribution in [0, 0.1) is 6.57 Å².